The number of piperidine rings is 2. The molecule has 0 N–H and O–H groups in total. The van der Waals surface area contributed by atoms with Gasteiger partial charge in [0.15, 0.2) is 0 Å². The van der Waals surface area contributed by atoms with Crippen molar-refractivity contribution in [2.75, 3.05) is 46.3 Å². The fourth-order valence-electron chi connectivity index (χ4n) is 4.02. The second-order valence-corrected chi connectivity index (χ2v) is 7.64. The van der Waals surface area contributed by atoms with Crippen LogP contribution in [0, 0.1) is 11.3 Å². The third kappa shape index (κ3) is 4.38. The molecule has 136 valence electrons. The SMILES string of the molecule is C=CCN1CC2(CCC1=O)CCN(C(=O)C(C)CN(C)CC)CC2. The van der Waals surface area contributed by atoms with Crippen LogP contribution in [0.15, 0.2) is 12.7 Å². The maximum absolute atomic E-state index is 12.7. The predicted molar refractivity (Wildman–Crippen MR) is 96.6 cm³/mol. The van der Waals surface area contributed by atoms with Gasteiger partial charge < -0.3 is 14.7 Å². The van der Waals surface area contributed by atoms with E-state index in [1.165, 1.54) is 0 Å². The summed E-state index contributed by atoms with van der Waals surface area (Å²) in [6, 6.07) is 0. The van der Waals surface area contributed by atoms with E-state index in [1.807, 2.05) is 22.8 Å². The Bertz CT molecular complexity index is 469. The van der Waals surface area contributed by atoms with Crippen LogP contribution in [0.3, 0.4) is 0 Å². The molecule has 24 heavy (non-hydrogen) atoms. The average molecular weight is 335 g/mol. The van der Waals surface area contributed by atoms with Crippen molar-refractivity contribution in [1.82, 2.24) is 14.7 Å². The summed E-state index contributed by atoms with van der Waals surface area (Å²) in [6.45, 7) is 12.8. The van der Waals surface area contributed by atoms with Gasteiger partial charge in [0.1, 0.15) is 0 Å². The molecule has 0 bridgehead atoms. The maximum Gasteiger partial charge on any atom is 0.226 e. The van der Waals surface area contributed by atoms with E-state index in [9.17, 15) is 9.59 Å². The van der Waals surface area contributed by atoms with Crippen LogP contribution in [-0.4, -0.2) is 72.8 Å². The van der Waals surface area contributed by atoms with Gasteiger partial charge in [0.2, 0.25) is 11.8 Å². The van der Waals surface area contributed by atoms with E-state index in [0.717, 1.165) is 52.0 Å². The zero-order chi connectivity index (χ0) is 17.7. The molecule has 2 heterocycles. The average Bonchev–Trinajstić information content (AvgIpc) is 2.58. The Labute approximate surface area is 146 Å². The van der Waals surface area contributed by atoms with E-state index >= 15 is 0 Å². The molecule has 1 unspecified atom stereocenters. The van der Waals surface area contributed by atoms with Gasteiger partial charge in [-0.05, 0) is 38.3 Å². The molecule has 0 radical (unpaired) electrons. The summed E-state index contributed by atoms with van der Waals surface area (Å²) in [7, 11) is 2.06. The third-order valence-electron chi connectivity index (χ3n) is 5.78. The van der Waals surface area contributed by atoms with E-state index in [-0.39, 0.29) is 23.1 Å². The van der Waals surface area contributed by atoms with E-state index < -0.39 is 0 Å². The summed E-state index contributed by atoms with van der Waals surface area (Å²) in [6.07, 6.45) is 5.43. The van der Waals surface area contributed by atoms with E-state index in [0.29, 0.717) is 13.0 Å². The van der Waals surface area contributed by atoms with Crippen LogP contribution in [-0.2, 0) is 9.59 Å². The zero-order valence-electron chi connectivity index (χ0n) is 15.6. The maximum atomic E-state index is 12.7. The van der Waals surface area contributed by atoms with Gasteiger partial charge in [-0.15, -0.1) is 6.58 Å². The first-order valence-corrected chi connectivity index (χ1v) is 9.27. The van der Waals surface area contributed by atoms with Gasteiger partial charge in [-0.25, -0.2) is 0 Å². The van der Waals surface area contributed by atoms with Gasteiger partial charge in [0, 0.05) is 45.1 Å². The van der Waals surface area contributed by atoms with Crippen molar-refractivity contribution in [3.63, 3.8) is 0 Å². The number of nitrogens with zero attached hydrogens (tertiary/aromatic N) is 3. The lowest BCUT2D eigenvalue weighted by Gasteiger charge is -2.47. The largest absolute Gasteiger partial charge is 0.342 e. The van der Waals surface area contributed by atoms with Crippen LogP contribution < -0.4 is 0 Å². The molecule has 1 spiro atoms. The third-order valence-corrected chi connectivity index (χ3v) is 5.78. The van der Waals surface area contributed by atoms with Crippen molar-refractivity contribution >= 4 is 11.8 Å². The minimum atomic E-state index is 0.0502. The molecule has 2 saturated heterocycles. The van der Waals surface area contributed by atoms with Gasteiger partial charge in [0.05, 0.1) is 0 Å². The first-order valence-electron chi connectivity index (χ1n) is 9.27. The van der Waals surface area contributed by atoms with Gasteiger partial charge >= 0.3 is 0 Å². The van der Waals surface area contributed by atoms with Crippen LogP contribution in [0.4, 0.5) is 0 Å². The molecule has 2 amide bonds. The van der Waals surface area contributed by atoms with Crippen LogP contribution in [0.25, 0.3) is 0 Å². The molecule has 1 atom stereocenters. The molecule has 0 aromatic carbocycles. The smallest absolute Gasteiger partial charge is 0.226 e. The summed E-state index contributed by atoms with van der Waals surface area (Å²) < 4.78 is 0. The minimum absolute atomic E-state index is 0.0502. The molecule has 2 rings (SSSR count). The molecular formula is C19H33N3O2. The number of carbonyl (C=O) groups is 2. The Morgan fingerprint density at radius 1 is 1.38 bits per heavy atom. The Morgan fingerprint density at radius 2 is 2.04 bits per heavy atom. The highest BCUT2D eigenvalue weighted by Crippen LogP contribution is 2.40. The minimum Gasteiger partial charge on any atom is -0.342 e. The second-order valence-electron chi connectivity index (χ2n) is 7.64. The van der Waals surface area contributed by atoms with Crippen LogP contribution in [0.5, 0.6) is 0 Å². The summed E-state index contributed by atoms with van der Waals surface area (Å²) >= 11 is 0. The Kier molecular flexibility index (Phi) is 6.44. The number of amides is 2. The van der Waals surface area contributed by atoms with Crippen molar-refractivity contribution in [3.05, 3.63) is 12.7 Å². The lowest BCUT2D eigenvalue weighted by molar-refractivity contribution is -0.143. The standard InChI is InChI=1S/C19H33N3O2/c1-5-11-22-15-19(8-7-17(22)23)9-12-21(13-10-19)18(24)16(3)14-20(4)6-2/h5,16H,1,6-15H2,2-4H3. The normalized spacial score (nSPS) is 22.1. The lowest BCUT2D eigenvalue weighted by Crippen LogP contribution is -2.53. The Hall–Kier alpha value is -1.36. The number of hydrogen-bond acceptors (Lipinski definition) is 3. The van der Waals surface area contributed by atoms with E-state index in [2.05, 4.69) is 25.5 Å². The van der Waals surface area contributed by atoms with Gasteiger partial charge in [-0.1, -0.05) is 19.9 Å². The van der Waals surface area contributed by atoms with E-state index in [4.69, 9.17) is 0 Å². The zero-order valence-corrected chi connectivity index (χ0v) is 15.6. The number of likely N-dealkylation sites (tertiary alicyclic amines) is 2. The van der Waals surface area contributed by atoms with Crippen molar-refractivity contribution in [1.29, 1.82) is 0 Å². The van der Waals surface area contributed by atoms with Crippen molar-refractivity contribution < 1.29 is 9.59 Å². The van der Waals surface area contributed by atoms with Crippen LogP contribution >= 0.6 is 0 Å². The van der Waals surface area contributed by atoms with Gasteiger partial charge in [0.25, 0.3) is 0 Å². The molecule has 5 heteroatoms. The molecule has 0 aromatic rings. The molecule has 0 aliphatic carbocycles. The topological polar surface area (TPSA) is 43.9 Å². The Balaban J connectivity index is 1.89. The van der Waals surface area contributed by atoms with Crippen molar-refractivity contribution in [2.24, 2.45) is 11.3 Å². The summed E-state index contributed by atoms with van der Waals surface area (Å²) in [5, 5.41) is 0. The fourth-order valence-corrected chi connectivity index (χ4v) is 4.02. The number of carbonyl (C=O) groups excluding carboxylic acids is 2. The lowest BCUT2D eigenvalue weighted by atomic mass is 9.72. The summed E-state index contributed by atoms with van der Waals surface area (Å²) in [4.78, 5) is 30.8. The van der Waals surface area contributed by atoms with Gasteiger partial charge in [-0.3, -0.25) is 9.59 Å². The molecule has 0 saturated carbocycles. The monoisotopic (exact) mass is 335 g/mol. The van der Waals surface area contributed by atoms with Crippen LogP contribution in [0.1, 0.15) is 39.5 Å². The molecule has 2 aliphatic rings. The molecular weight excluding hydrogens is 302 g/mol. The molecule has 0 aromatic heterocycles. The number of hydrogen-bond donors (Lipinski definition) is 0. The van der Waals surface area contributed by atoms with Gasteiger partial charge in [-0.2, -0.15) is 0 Å². The van der Waals surface area contributed by atoms with Crippen LogP contribution in [0.2, 0.25) is 0 Å². The number of rotatable bonds is 6. The highest BCUT2D eigenvalue weighted by atomic mass is 16.2. The Morgan fingerprint density at radius 3 is 2.62 bits per heavy atom. The summed E-state index contributed by atoms with van der Waals surface area (Å²) in [5.41, 5.74) is 0.206. The molecule has 2 fully saturated rings. The highest BCUT2D eigenvalue weighted by Gasteiger charge is 2.41. The predicted octanol–water partition coefficient (Wildman–Crippen LogP) is 1.99. The summed E-state index contributed by atoms with van der Waals surface area (Å²) in [5.74, 6) is 0.574. The molecule has 5 nitrogen and oxygen atoms in total. The van der Waals surface area contributed by atoms with Crippen molar-refractivity contribution in [2.45, 2.75) is 39.5 Å². The highest BCUT2D eigenvalue weighted by molar-refractivity contribution is 5.79. The molecule has 2 aliphatic heterocycles. The van der Waals surface area contributed by atoms with Crippen molar-refractivity contribution in [3.8, 4) is 0 Å². The quantitative estimate of drug-likeness (QED) is 0.697. The fraction of sp³-hybridized carbons (Fsp3) is 0.789. The van der Waals surface area contributed by atoms with E-state index in [1.54, 1.807) is 0 Å². The second kappa shape index (κ2) is 8.15. The first-order chi connectivity index (χ1) is 11.4. The first kappa shape index (κ1) is 19.0.